The highest BCUT2D eigenvalue weighted by atomic mass is 32.2. The molecule has 2 fully saturated rings. The Balaban J connectivity index is 1.49. The van der Waals surface area contributed by atoms with Gasteiger partial charge in [-0.1, -0.05) is 13.8 Å². The van der Waals surface area contributed by atoms with Gasteiger partial charge in [0.2, 0.25) is 15.9 Å². The average Bonchev–Trinajstić information content (AvgIpc) is 3.04. The summed E-state index contributed by atoms with van der Waals surface area (Å²) in [5.41, 5.74) is 0.768. The van der Waals surface area contributed by atoms with Crippen LogP contribution in [0, 0.1) is 11.8 Å². The van der Waals surface area contributed by atoms with Crippen molar-refractivity contribution in [2.45, 2.75) is 44.4 Å². The Morgan fingerprint density at radius 1 is 1.11 bits per heavy atom. The van der Waals surface area contributed by atoms with Crippen LogP contribution in [-0.2, 0) is 14.8 Å². The van der Waals surface area contributed by atoms with Gasteiger partial charge in [-0.3, -0.25) is 4.79 Å². The van der Waals surface area contributed by atoms with E-state index in [2.05, 4.69) is 23.5 Å². The topological polar surface area (TPSA) is 69.7 Å². The molecule has 1 amide bonds. The molecule has 2 atom stereocenters. The molecule has 0 unspecified atom stereocenters. The van der Waals surface area contributed by atoms with Crippen LogP contribution in [-0.4, -0.2) is 51.9 Å². The lowest BCUT2D eigenvalue weighted by molar-refractivity contribution is -0.117. The fraction of sp³-hybridized carbons (Fsp3) is 0.650. The number of hydrogen-bond acceptors (Lipinski definition) is 4. The first-order valence-electron chi connectivity index (χ1n) is 9.97. The Labute approximate surface area is 163 Å². The standard InChI is InChI=1S/C20H31N3O3S/c1-16-13-17(2)15-22(14-16)11-4-10-21-27(25,26)19-8-6-18(7-9-19)23-12-3-5-20(23)24/h6-9,16-17,21H,3-5,10-15H2,1-2H3/t16-,17+. The van der Waals surface area contributed by atoms with E-state index >= 15 is 0 Å². The molecule has 6 nitrogen and oxygen atoms in total. The fourth-order valence-electron chi connectivity index (χ4n) is 4.29. The van der Waals surface area contributed by atoms with Crippen LogP contribution in [0.4, 0.5) is 5.69 Å². The van der Waals surface area contributed by atoms with Crippen LogP contribution in [0.15, 0.2) is 29.2 Å². The molecule has 2 saturated heterocycles. The van der Waals surface area contributed by atoms with Crippen molar-refractivity contribution in [3.05, 3.63) is 24.3 Å². The molecule has 0 spiro atoms. The number of piperidine rings is 1. The summed E-state index contributed by atoms with van der Waals surface area (Å²) in [7, 11) is -3.51. The Kier molecular flexibility index (Phi) is 6.55. The molecule has 7 heteroatoms. The zero-order chi connectivity index (χ0) is 19.4. The number of rotatable bonds is 7. The largest absolute Gasteiger partial charge is 0.312 e. The van der Waals surface area contributed by atoms with Crippen LogP contribution in [0.3, 0.4) is 0 Å². The van der Waals surface area contributed by atoms with Gasteiger partial charge in [-0.2, -0.15) is 0 Å². The summed E-state index contributed by atoms with van der Waals surface area (Å²) in [6.07, 6.45) is 3.51. The molecule has 1 N–H and O–H groups in total. The highest BCUT2D eigenvalue weighted by molar-refractivity contribution is 7.89. The van der Waals surface area contributed by atoms with Crippen molar-refractivity contribution in [3.63, 3.8) is 0 Å². The lowest BCUT2D eigenvalue weighted by Crippen LogP contribution is -2.40. The van der Waals surface area contributed by atoms with Crippen molar-refractivity contribution in [3.8, 4) is 0 Å². The molecule has 1 aromatic carbocycles. The number of likely N-dealkylation sites (tertiary alicyclic amines) is 1. The maximum atomic E-state index is 12.5. The van der Waals surface area contributed by atoms with Crippen molar-refractivity contribution in [2.75, 3.05) is 37.6 Å². The molecule has 3 rings (SSSR count). The van der Waals surface area contributed by atoms with Gasteiger partial charge in [-0.25, -0.2) is 13.1 Å². The average molecular weight is 394 g/mol. The molecular formula is C20H31N3O3S. The van der Waals surface area contributed by atoms with Crippen LogP contribution in [0.2, 0.25) is 0 Å². The SMILES string of the molecule is C[C@@H]1C[C@H](C)CN(CCCNS(=O)(=O)c2ccc(N3CCCC3=O)cc2)C1. The van der Waals surface area contributed by atoms with E-state index in [4.69, 9.17) is 0 Å². The molecule has 0 aromatic heterocycles. The normalized spacial score (nSPS) is 24.5. The molecule has 2 aliphatic heterocycles. The zero-order valence-electron chi connectivity index (χ0n) is 16.4. The number of carbonyl (C=O) groups excluding carboxylic acids is 1. The smallest absolute Gasteiger partial charge is 0.240 e. The third-order valence-electron chi connectivity index (χ3n) is 5.42. The summed E-state index contributed by atoms with van der Waals surface area (Å²) in [5, 5.41) is 0. The number of carbonyl (C=O) groups is 1. The van der Waals surface area contributed by atoms with Gasteiger partial charge in [-0.15, -0.1) is 0 Å². The summed E-state index contributed by atoms with van der Waals surface area (Å²) in [5.74, 6) is 1.53. The number of benzene rings is 1. The quantitative estimate of drug-likeness (QED) is 0.723. The zero-order valence-corrected chi connectivity index (χ0v) is 17.2. The van der Waals surface area contributed by atoms with Crippen molar-refractivity contribution >= 4 is 21.6 Å². The third-order valence-corrected chi connectivity index (χ3v) is 6.90. The monoisotopic (exact) mass is 393 g/mol. The van der Waals surface area contributed by atoms with Gasteiger partial charge in [-0.05, 0) is 61.9 Å². The van der Waals surface area contributed by atoms with Crippen LogP contribution < -0.4 is 9.62 Å². The van der Waals surface area contributed by atoms with Gasteiger partial charge >= 0.3 is 0 Å². The summed E-state index contributed by atoms with van der Waals surface area (Å²) in [6, 6.07) is 6.59. The van der Waals surface area contributed by atoms with E-state index in [-0.39, 0.29) is 10.8 Å². The number of sulfonamides is 1. The van der Waals surface area contributed by atoms with E-state index in [0.29, 0.717) is 31.3 Å². The molecule has 2 heterocycles. The highest BCUT2D eigenvalue weighted by Crippen LogP contribution is 2.23. The summed E-state index contributed by atoms with van der Waals surface area (Å²) in [4.78, 5) is 16.2. The molecule has 150 valence electrons. The Morgan fingerprint density at radius 3 is 2.37 bits per heavy atom. The molecule has 27 heavy (non-hydrogen) atoms. The maximum Gasteiger partial charge on any atom is 0.240 e. The van der Waals surface area contributed by atoms with Gasteiger partial charge in [0.25, 0.3) is 0 Å². The lowest BCUT2D eigenvalue weighted by Gasteiger charge is -2.34. The molecular weight excluding hydrogens is 362 g/mol. The minimum Gasteiger partial charge on any atom is -0.312 e. The minimum absolute atomic E-state index is 0.102. The second kappa shape index (κ2) is 8.71. The van der Waals surface area contributed by atoms with Gasteiger partial charge in [0, 0.05) is 38.3 Å². The van der Waals surface area contributed by atoms with Gasteiger partial charge < -0.3 is 9.80 Å². The molecule has 2 aliphatic rings. The van der Waals surface area contributed by atoms with Crippen LogP contribution in [0.5, 0.6) is 0 Å². The molecule has 0 bridgehead atoms. The van der Waals surface area contributed by atoms with E-state index in [0.717, 1.165) is 38.2 Å². The predicted octanol–water partition coefficient (Wildman–Crippen LogP) is 2.46. The van der Waals surface area contributed by atoms with Crippen LogP contribution >= 0.6 is 0 Å². The number of anilines is 1. The first kappa shape index (κ1) is 20.3. The lowest BCUT2D eigenvalue weighted by atomic mass is 9.92. The minimum atomic E-state index is -3.51. The summed E-state index contributed by atoms with van der Waals surface area (Å²) < 4.78 is 27.7. The summed E-state index contributed by atoms with van der Waals surface area (Å²) in [6.45, 7) is 8.84. The van der Waals surface area contributed by atoms with E-state index in [9.17, 15) is 13.2 Å². The Morgan fingerprint density at radius 2 is 1.78 bits per heavy atom. The van der Waals surface area contributed by atoms with E-state index < -0.39 is 10.0 Å². The molecule has 1 aromatic rings. The summed E-state index contributed by atoms with van der Waals surface area (Å²) >= 11 is 0. The van der Waals surface area contributed by atoms with Crippen molar-refractivity contribution in [1.29, 1.82) is 0 Å². The second-order valence-corrected chi connectivity index (χ2v) is 9.87. The van der Waals surface area contributed by atoms with Gasteiger partial charge in [0.1, 0.15) is 0 Å². The van der Waals surface area contributed by atoms with Crippen molar-refractivity contribution in [1.82, 2.24) is 9.62 Å². The van der Waals surface area contributed by atoms with Crippen molar-refractivity contribution < 1.29 is 13.2 Å². The highest BCUT2D eigenvalue weighted by Gasteiger charge is 2.23. The molecule has 0 radical (unpaired) electrons. The predicted molar refractivity (Wildman–Crippen MR) is 107 cm³/mol. The van der Waals surface area contributed by atoms with Gasteiger partial charge in [0.05, 0.1) is 4.90 Å². The Bertz CT molecular complexity index is 738. The number of nitrogens with one attached hydrogen (secondary N) is 1. The maximum absolute atomic E-state index is 12.5. The number of nitrogens with zero attached hydrogens (tertiary/aromatic N) is 2. The van der Waals surface area contributed by atoms with Gasteiger partial charge in [0.15, 0.2) is 0 Å². The van der Waals surface area contributed by atoms with E-state index in [1.54, 1.807) is 29.2 Å². The second-order valence-electron chi connectivity index (χ2n) is 8.10. The van der Waals surface area contributed by atoms with Crippen molar-refractivity contribution in [2.24, 2.45) is 11.8 Å². The van der Waals surface area contributed by atoms with E-state index in [1.165, 1.54) is 6.42 Å². The van der Waals surface area contributed by atoms with E-state index in [1.807, 2.05) is 0 Å². The fourth-order valence-corrected chi connectivity index (χ4v) is 5.37. The molecule has 0 aliphatic carbocycles. The first-order valence-corrected chi connectivity index (χ1v) is 11.5. The molecule has 0 saturated carbocycles. The van der Waals surface area contributed by atoms with Crippen LogP contribution in [0.25, 0.3) is 0 Å². The third kappa shape index (κ3) is 5.30. The Hall–Kier alpha value is -1.44. The van der Waals surface area contributed by atoms with Crippen LogP contribution in [0.1, 0.15) is 39.5 Å². The first-order chi connectivity index (χ1) is 12.8. The number of hydrogen-bond donors (Lipinski definition) is 1. The number of amides is 1.